The molecule has 1 heterocycles. The van der Waals surface area contributed by atoms with Crippen molar-refractivity contribution in [2.75, 3.05) is 0 Å². The van der Waals surface area contributed by atoms with Crippen molar-refractivity contribution in [2.24, 2.45) is 0 Å². The van der Waals surface area contributed by atoms with Crippen molar-refractivity contribution < 1.29 is 14.1 Å². The van der Waals surface area contributed by atoms with E-state index < -0.39 is 10.8 Å². The predicted molar refractivity (Wildman–Crippen MR) is 100.0 cm³/mol. The Morgan fingerprint density at radius 2 is 2.19 bits per heavy atom. The van der Waals surface area contributed by atoms with Gasteiger partial charge in [-0.1, -0.05) is 6.92 Å². The fraction of sp³-hybridized carbons (Fsp3) is 0.222. The highest BCUT2D eigenvalue weighted by Crippen LogP contribution is 2.32. The van der Waals surface area contributed by atoms with E-state index in [1.54, 1.807) is 18.2 Å². The number of nitriles is 1. The minimum Gasteiger partial charge on any atom is -0.457 e. The minimum atomic E-state index is -0.486. The standard InChI is InChI=1S/C18H16BrN3O4/c1-3-11(2)21-18(23)12(10-20)8-14-5-7-17(26-14)15-6-4-13(22(24)25)9-16(15)19/h4-9,11H,3H2,1-2H3,(H,21,23)/b12-8+/t11-/m0/s1. The van der Waals surface area contributed by atoms with Gasteiger partial charge in [-0.3, -0.25) is 14.9 Å². The summed E-state index contributed by atoms with van der Waals surface area (Å²) in [4.78, 5) is 22.4. The summed E-state index contributed by atoms with van der Waals surface area (Å²) in [7, 11) is 0. The molecule has 0 radical (unpaired) electrons. The average molecular weight is 418 g/mol. The van der Waals surface area contributed by atoms with E-state index in [4.69, 9.17) is 4.42 Å². The van der Waals surface area contributed by atoms with Crippen LogP contribution in [-0.4, -0.2) is 16.9 Å². The number of hydrogen-bond acceptors (Lipinski definition) is 5. The van der Waals surface area contributed by atoms with E-state index in [1.165, 1.54) is 18.2 Å². The second-order valence-electron chi connectivity index (χ2n) is 5.58. The maximum absolute atomic E-state index is 12.1. The molecule has 1 aromatic carbocycles. The summed E-state index contributed by atoms with van der Waals surface area (Å²) in [6, 6.07) is 9.43. The third-order valence-electron chi connectivity index (χ3n) is 3.70. The fourth-order valence-electron chi connectivity index (χ4n) is 2.09. The lowest BCUT2D eigenvalue weighted by atomic mass is 10.1. The van der Waals surface area contributed by atoms with Gasteiger partial charge in [0.25, 0.3) is 11.6 Å². The normalized spacial score (nSPS) is 12.3. The zero-order valence-corrected chi connectivity index (χ0v) is 15.7. The van der Waals surface area contributed by atoms with Crippen LogP contribution < -0.4 is 5.32 Å². The summed E-state index contributed by atoms with van der Waals surface area (Å²) in [5.74, 6) is 0.329. The summed E-state index contributed by atoms with van der Waals surface area (Å²) in [6.45, 7) is 3.78. The summed E-state index contributed by atoms with van der Waals surface area (Å²) in [5.41, 5.74) is 0.521. The van der Waals surface area contributed by atoms with Gasteiger partial charge in [-0.15, -0.1) is 0 Å². The van der Waals surface area contributed by atoms with Crippen molar-refractivity contribution in [1.29, 1.82) is 5.26 Å². The lowest BCUT2D eigenvalue weighted by Gasteiger charge is -2.09. The number of non-ortho nitro benzene ring substituents is 1. The van der Waals surface area contributed by atoms with Crippen molar-refractivity contribution in [2.45, 2.75) is 26.3 Å². The lowest BCUT2D eigenvalue weighted by Crippen LogP contribution is -2.32. The number of carbonyl (C=O) groups excluding carboxylic acids is 1. The first-order chi connectivity index (χ1) is 12.3. The van der Waals surface area contributed by atoms with Gasteiger partial charge < -0.3 is 9.73 Å². The highest BCUT2D eigenvalue weighted by atomic mass is 79.9. The maximum atomic E-state index is 12.1. The van der Waals surface area contributed by atoms with Crippen molar-refractivity contribution in [1.82, 2.24) is 5.32 Å². The lowest BCUT2D eigenvalue weighted by molar-refractivity contribution is -0.384. The molecule has 0 aliphatic carbocycles. The maximum Gasteiger partial charge on any atom is 0.270 e. The number of halogens is 1. The molecule has 7 nitrogen and oxygen atoms in total. The monoisotopic (exact) mass is 417 g/mol. The number of nitro groups is 1. The number of benzene rings is 1. The molecule has 0 fully saturated rings. The highest BCUT2D eigenvalue weighted by Gasteiger charge is 2.15. The first kappa shape index (κ1) is 19.4. The molecule has 1 atom stereocenters. The molecule has 0 saturated heterocycles. The van der Waals surface area contributed by atoms with Crippen LogP contribution in [0.2, 0.25) is 0 Å². The summed E-state index contributed by atoms with van der Waals surface area (Å²) in [5, 5.41) is 22.7. The topological polar surface area (TPSA) is 109 Å². The first-order valence-electron chi connectivity index (χ1n) is 7.82. The third kappa shape index (κ3) is 4.58. The number of carbonyl (C=O) groups is 1. The Kier molecular flexibility index (Phi) is 6.31. The zero-order chi connectivity index (χ0) is 19.3. The van der Waals surface area contributed by atoms with Crippen molar-refractivity contribution in [3.05, 3.63) is 56.3 Å². The SMILES string of the molecule is CC[C@H](C)NC(=O)/C(C#N)=C/c1ccc(-c2ccc([N+](=O)[O-])cc2Br)o1. The molecule has 1 N–H and O–H groups in total. The van der Waals surface area contributed by atoms with Crippen molar-refractivity contribution in [3.8, 4) is 17.4 Å². The fourth-order valence-corrected chi connectivity index (χ4v) is 2.65. The summed E-state index contributed by atoms with van der Waals surface area (Å²) >= 11 is 3.29. The molecule has 0 spiro atoms. The molecule has 0 unspecified atom stereocenters. The molecule has 0 aliphatic rings. The van der Waals surface area contributed by atoms with Crippen LogP contribution in [0.1, 0.15) is 26.0 Å². The number of nitro benzene ring substituents is 1. The van der Waals surface area contributed by atoms with Crippen LogP contribution >= 0.6 is 15.9 Å². The van der Waals surface area contributed by atoms with Gasteiger partial charge in [0.05, 0.1) is 4.92 Å². The molecular formula is C18H16BrN3O4. The summed E-state index contributed by atoms with van der Waals surface area (Å²) in [6.07, 6.45) is 2.12. The van der Waals surface area contributed by atoms with E-state index in [2.05, 4.69) is 21.2 Å². The Balaban J connectivity index is 2.28. The van der Waals surface area contributed by atoms with Gasteiger partial charge >= 0.3 is 0 Å². The van der Waals surface area contributed by atoms with Gasteiger partial charge in [-0.25, -0.2) is 0 Å². The second-order valence-corrected chi connectivity index (χ2v) is 6.43. The molecule has 0 saturated carbocycles. The van der Waals surface area contributed by atoms with Crippen LogP contribution in [0, 0.1) is 21.4 Å². The smallest absolute Gasteiger partial charge is 0.270 e. The third-order valence-corrected chi connectivity index (χ3v) is 4.35. The van der Waals surface area contributed by atoms with Gasteiger partial charge in [0, 0.05) is 34.3 Å². The predicted octanol–water partition coefficient (Wildman–Crippen LogP) is 4.44. The van der Waals surface area contributed by atoms with Crippen molar-refractivity contribution in [3.63, 3.8) is 0 Å². The number of hydrogen-bond donors (Lipinski definition) is 1. The van der Waals surface area contributed by atoms with Gasteiger partial charge in [0.2, 0.25) is 0 Å². The number of amides is 1. The Bertz CT molecular complexity index is 911. The second kappa shape index (κ2) is 8.45. The van der Waals surface area contributed by atoms with Crippen LogP contribution in [0.3, 0.4) is 0 Å². The average Bonchev–Trinajstić information content (AvgIpc) is 3.07. The Hall–Kier alpha value is -2.92. The zero-order valence-electron chi connectivity index (χ0n) is 14.2. The molecule has 8 heteroatoms. The molecule has 0 bridgehead atoms. The van der Waals surface area contributed by atoms with E-state index in [-0.39, 0.29) is 17.3 Å². The van der Waals surface area contributed by atoms with Gasteiger partial charge in [-0.2, -0.15) is 5.26 Å². The molecule has 1 amide bonds. The molecule has 2 aromatic rings. The van der Waals surface area contributed by atoms with Crippen LogP contribution in [0.4, 0.5) is 5.69 Å². The highest BCUT2D eigenvalue weighted by molar-refractivity contribution is 9.10. The molecule has 1 aromatic heterocycles. The summed E-state index contributed by atoms with van der Waals surface area (Å²) < 4.78 is 6.16. The largest absolute Gasteiger partial charge is 0.457 e. The van der Waals surface area contributed by atoms with Crippen molar-refractivity contribution >= 4 is 33.6 Å². The molecule has 26 heavy (non-hydrogen) atoms. The number of nitrogens with one attached hydrogen (secondary N) is 1. The van der Waals surface area contributed by atoms with Crippen LogP contribution in [0.5, 0.6) is 0 Å². The first-order valence-corrected chi connectivity index (χ1v) is 8.61. The quantitative estimate of drug-likeness (QED) is 0.323. The van der Waals surface area contributed by atoms with Crippen LogP contribution in [0.15, 0.2) is 44.8 Å². The van der Waals surface area contributed by atoms with E-state index in [9.17, 15) is 20.2 Å². The molecule has 134 valence electrons. The Labute approximate surface area is 158 Å². The number of nitrogens with zero attached hydrogens (tertiary/aromatic N) is 2. The van der Waals surface area contributed by atoms with E-state index in [0.717, 1.165) is 6.42 Å². The Morgan fingerprint density at radius 1 is 1.46 bits per heavy atom. The van der Waals surface area contributed by atoms with Crippen LogP contribution in [0.25, 0.3) is 17.4 Å². The molecule has 0 aliphatic heterocycles. The number of furan rings is 1. The van der Waals surface area contributed by atoms with Crippen LogP contribution in [-0.2, 0) is 4.79 Å². The van der Waals surface area contributed by atoms with Gasteiger partial charge in [0.15, 0.2) is 0 Å². The Morgan fingerprint density at radius 3 is 2.77 bits per heavy atom. The molecular weight excluding hydrogens is 402 g/mol. The minimum absolute atomic E-state index is 0.0394. The van der Waals surface area contributed by atoms with E-state index in [0.29, 0.717) is 21.6 Å². The number of rotatable bonds is 6. The van der Waals surface area contributed by atoms with E-state index in [1.807, 2.05) is 19.9 Å². The van der Waals surface area contributed by atoms with E-state index >= 15 is 0 Å². The van der Waals surface area contributed by atoms with Gasteiger partial charge in [-0.05, 0) is 47.5 Å². The van der Waals surface area contributed by atoms with Gasteiger partial charge in [0.1, 0.15) is 23.2 Å². The molecule has 2 rings (SSSR count).